The molecule has 122 valence electrons. The summed E-state index contributed by atoms with van der Waals surface area (Å²) in [5.74, 6) is -0.836. The van der Waals surface area contributed by atoms with Crippen LogP contribution in [-0.2, 0) is 15.8 Å². The van der Waals surface area contributed by atoms with E-state index in [1.165, 1.54) is 25.1 Å². The number of para-hydroxylation sites is 1. The lowest BCUT2D eigenvalue weighted by molar-refractivity contribution is -0.137. The van der Waals surface area contributed by atoms with Crippen LogP contribution in [0, 0.1) is 0 Å². The van der Waals surface area contributed by atoms with E-state index < -0.39 is 17.6 Å². The van der Waals surface area contributed by atoms with Gasteiger partial charge >= 0.3 is 6.18 Å². The van der Waals surface area contributed by atoms with Crippen LogP contribution in [-0.4, -0.2) is 24.9 Å². The standard InChI is InChI=1S/C15H19F3N2O2/c1-3-9-19-14(22)8-10-20(11(2)21)13-7-5-4-6-12(13)15(16,17)18/h4-7H,3,8-10H2,1-2H3,(H,19,22). The summed E-state index contributed by atoms with van der Waals surface area (Å²) in [6.45, 7) is 3.47. The van der Waals surface area contributed by atoms with E-state index in [2.05, 4.69) is 5.32 Å². The second-order valence-electron chi connectivity index (χ2n) is 4.79. The lowest BCUT2D eigenvalue weighted by atomic mass is 10.1. The monoisotopic (exact) mass is 316 g/mol. The molecule has 0 saturated carbocycles. The van der Waals surface area contributed by atoms with Gasteiger partial charge in [-0.25, -0.2) is 0 Å². The first kappa shape index (κ1) is 18.0. The number of hydrogen-bond acceptors (Lipinski definition) is 2. The molecule has 2 amide bonds. The van der Waals surface area contributed by atoms with E-state index in [1.54, 1.807) is 0 Å². The maximum atomic E-state index is 13.0. The minimum absolute atomic E-state index is 0.0498. The van der Waals surface area contributed by atoms with E-state index in [-0.39, 0.29) is 24.6 Å². The third-order valence-electron chi connectivity index (χ3n) is 3.01. The van der Waals surface area contributed by atoms with Gasteiger partial charge in [-0.1, -0.05) is 19.1 Å². The maximum Gasteiger partial charge on any atom is 0.418 e. The predicted octanol–water partition coefficient (Wildman–Crippen LogP) is 2.97. The highest BCUT2D eigenvalue weighted by molar-refractivity contribution is 5.93. The Kier molecular flexibility index (Phi) is 6.39. The van der Waals surface area contributed by atoms with Crippen LogP contribution in [0.3, 0.4) is 0 Å². The molecule has 1 N–H and O–H groups in total. The molecule has 1 aromatic carbocycles. The summed E-state index contributed by atoms with van der Waals surface area (Å²) < 4.78 is 39.1. The van der Waals surface area contributed by atoms with Crippen molar-refractivity contribution in [1.82, 2.24) is 5.32 Å². The highest BCUT2D eigenvalue weighted by Gasteiger charge is 2.35. The summed E-state index contributed by atoms with van der Waals surface area (Å²) in [5, 5.41) is 2.62. The first-order valence-electron chi connectivity index (χ1n) is 6.98. The first-order valence-corrected chi connectivity index (χ1v) is 6.98. The van der Waals surface area contributed by atoms with Crippen molar-refractivity contribution in [2.75, 3.05) is 18.0 Å². The van der Waals surface area contributed by atoms with E-state index >= 15 is 0 Å². The summed E-state index contributed by atoms with van der Waals surface area (Å²) >= 11 is 0. The van der Waals surface area contributed by atoms with Gasteiger partial charge in [-0.05, 0) is 18.6 Å². The SMILES string of the molecule is CCCNC(=O)CCN(C(C)=O)c1ccccc1C(F)(F)F. The molecule has 0 aliphatic heterocycles. The van der Waals surface area contributed by atoms with Crippen molar-refractivity contribution in [2.45, 2.75) is 32.9 Å². The number of rotatable bonds is 6. The molecule has 0 atom stereocenters. The third-order valence-corrected chi connectivity index (χ3v) is 3.01. The van der Waals surface area contributed by atoms with Gasteiger partial charge in [0.2, 0.25) is 11.8 Å². The highest BCUT2D eigenvalue weighted by atomic mass is 19.4. The zero-order valence-electron chi connectivity index (χ0n) is 12.5. The van der Waals surface area contributed by atoms with Crippen molar-refractivity contribution >= 4 is 17.5 Å². The summed E-state index contributed by atoms with van der Waals surface area (Å²) in [6.07, 6.45) is -3.85. The highest BCUT2D eigenvalue weighted by Crippen LogP contribution is 2.36. The van der Waals surface area contributed by atoms with Gasteiger partial charge in [0.1, 0.15) is 0 Å². The minimum Gasteiger partial charge on any atom is -0.356 e. The topological polar surface area (TPSA) is 49.4 Å². The van der Waals surface area contributed by atoms with Crippen LogP contribution in [0.4, 0.5) is 18.9 Å². The number of halogens is 3. The van der Waals surface area contributed by atoms with Crippen LogP contribution in [0.1, 0.15) is 32.3 Å². The molecule has 0 aliphatic rings. The van der Waals surface area contributed by atoms with Crippen LogP contribution < -0.4 is 10.2 Å². The van der Waals surface area contributed by atoms with E-state index in [1.807, 2.05) is 6.92 Å². The van der Waals surface area contributed by atoms with Crippen molar-refractivity contribution < 1.29 is 22.8 Å². The summed E-state index contributed by atoms with van der Waals surface area (Å²) in [6, 6.07) is 4.84. The Morgan fingerprint density at radius 3 is 2.41 bits per heavy atom. The molecule has 0 aliphatic carbocycles. The molecule has 0 heterocycles. The Morgan fingerprint density at radius 1 is 1.23 bits per heavy atom. The predicted molar refractivity (Wildman–Crippen MR) is 77.4 cm³/mol. The van der Waals surface area contributed by atoms with Crippen LogP contribution in [0.2, 0.25) is 0 Å². The van der Waals surface area contributed by atoms with Crippen LogP contribution >= 0.6 is 0 Å². The van der Waals surface area contributed by atoms with E-state index in [0.717, 1.165) is 17.4 Å². The molecule has 0 saturated heterocycles. The molecule has 1 rings (SSSR count). The number of alkyl halides is 3. The zero-order valence-corrected chi connectivity index (χ0v) is 12.5. The molecule has 0 aromatic heterocycles. The quantitative estimate of drug-likeness (QED) is 0.877. The number of carbonyl (C=O) groups excluding carboxylic acids is 2. The molecule has 1 aromatic rings. The summed E-state index contributed by atoms with van der Waals surface area (Å²) in [5.41, 5.74) is -1.12. The molecule has 0 radical (unpaired) electrons. The number of nitrogens with zero attached hydrogens (tertiary/aromatic N) is 1. The lowest BCUT2D eigenvalue weighted by Gasteiger charge is -2.24. The molecule has 0 spiro atoms. The van der Waals surface area contributed by atoms with Crippen LogP contribution in [0.25, 0.3) is 0 Å². The van der Waals surface area contributed by atoms with Crippen molar-refractivity contribution in [1.29, 1.82) is 0 Å². The molecular weight excluding hydrogens is 297 g/mol. The molecule has 0 unspecified atom stereocenters. The Morgan fingerprint density at radius 2 is 1.86 bits per heavy atom. The first-order chi connectivity index (χ1) is 10.3. The van der Waals surface area contributed by atoms with Gasteiger partial charge in [0.25, 0.3) is 0 Å². The largest absolute Gasteiger partial charge is 0.418 e. The molecule has 0 bridgehead atoms. The van der Waals surface area contributed by atoms with Crippen molar-refractivity contribution in [3.63, 3.8) is 0 Å². The number of carbonyl (C=O) groups is 2. The van der Waals surface area contributed by atoms with Crippen LogP contribution in [0.5, 0.6) is 0 Å². The second-order valence-corrected chi connectivity index (χ2v) is 4.79. The number of anilines is 1. The summed E-state index contributed by atoms with van der Waals surface area (Å²) in [4.78, 5) is 24.2. The van der Waals surface area contributed by atoms with Gasteiger partial charge in [-0.15, -0.1) is 0 Å². The van der Waals surface area contributed by atoms with E-state index in [4.69, 9.17) is 0 Å². The number of hydrogen-bond donors (Lipinski definition) is 1. The van der Waals surface area contributed by atoms with E-state index in [9.17, 15) is 22.8 Å². The van der Waals surface area contributed by atoms with Gasteiger partial charge in [0, 0.05) is 26.4 Å². The number of amides is 2. The van der Waals surface area contributed by atoms with Gasteiger partial charge in [0.05, 0.1) is 11.3 Å². The molecule has 0 fully saturated rings. The fourth-order valence-corrected chi connectivity index (χ4v) is 1.96. The third kappa shape index (κ3) is 5.05. The Labute approximate surface area is 127 Å². The molecule has 4 nitrogen and oxygen atoms in total. The van der Waals surface area contributed by atoms with Crippen molar-refractivity contribution in [3.05, 3.63) is 29.8 Å². The molecular formula is C15H19F3N2O2. The number of nitrogens with one attached hydrogen (secondary N) is 1. The average Bonchev–Trinajstić information content (AvgIpc) is 2.44. The fraction of sp³-hybridized carbons (Fsp3) is 0.467. The van der Waals surface area contributed by atoms with Crippen molar-refractivity contribution in [2.24, 2.45) is 0 Å². The van der Waals surface area contributed by atoms with Gasteiger partial charge in [0.15, 0.2) is 0 Å². The van der Waals surface area contributed by atoms with Crippen LogP contribution in [0.15, 0.2) is 24.3 Å². The minimum atomic E-state index is -4.56. The molecule has 22 heavy (non-hydrogen) atoms. The fourth-order valence-electron chi connectivity index (χ4n) is 1.96. The van der Waals surface area contributed by atoms with Gasteiger partial charge in [-0.3, -0.25) is 9.59 Å². The number of benzene rings is 1. The zero-order chi connectivity index (χ0) is 16.8. The van der Waals surface area contributed by atoms with Crippen molar-refractivity contribution in [3.8, 4) is 0 Å². The Balaban J connectivity index is 2.93. The van der Waals surface area contributed by atoms with Gasteiger partial charge < -0.3 is 10.2 Å². The normalized spacial score (nSPS) is 11.1. The van der Waals surface area contributed by atoms with E-state index in [0.29, 0.717) is 6.54 Å². The maximum absolute atomic E-state index is 13.0. The Bertz CT molecular complexity index is 530. The second kappa shape index (κ2) is 7.82. The van der Waals surface area contributed by atoms with Gasteiger partial charge in [-0.2, -0.15) is 13.2 Å². The molecule has 7 heteroatoms. The summed E-state index contributed by atoms with van der Waals surface area (Å²) in [7, 11) is 0. The smallest absolute Gasteiger partial charge is 0.356 e. The Hall–Kier alpha value is -2.05. The lowest BCUT2D eigenvalue weighted by Crippen LogP contribution is -2.35. The average molecular weight is 316 g/mol.